The molecule has 0 atom stereocenters. The zero-order valence-electron chi connectivity index (χ0n) is 12.9. The molecule has 0 aliphatic heterocycles. The summed E-state index contributed by atoms with van der Waals surface area (Å²) in [6.07, 6.45) is 0. The van der Waals surface area contributed by atoms with Crippen molar-refractivity contribution < 1.29 is 27.5 Å². The number of aromatic hydroxyl groups is 1. The Labute approximate surface area is 143 Å². The normalized spacial score (nSPS) is 10.9. The molecule has 0 spiro atoms. The Morgan fingerprint density at radius 2 is 1.48 bits per heavy atom. The SMILES string of the molecule is O=C(CS(=O)(=O)CC(=O)Nc1ccccc1O)Nc1ccc(F)cc1. The molecule has 0 saturated carbocycles. The second kappa shape index (κ2) is 7.75. The van der Waals surface area contributed by atoms with Crippen molar-refractivity contribution in [3.63, 3.8) is 0 Å². The van der Waals surface area contributed by atoms with Crippen LogP contribution in [0.15, 0.2) is 48.5 Å². The van der Waals surface area contributed by atoms with Crippen molar-refractivity contribution in [1.29, 1.82) is 0 Å². The summed E-state index contributed by atoms with van der Waals surface area (Å²) in [6.45, 7) is 0. The van der Waals surface area contributed by atoms with E-state index in [0.29, 0.717) is 0 Å². The summed E-state index contributed by atoms with van der Waals surface area (Å²) >= 11 is 0. The van der Waals surface area contributed by atoms with E-state index < -0.39 is 39.0 Å². The van der Waals surface area contributed by atoms with Gasteiger partial charge in [-0.15, -0.1) is 0 Å². The fourth-order valence-corrected chi connectivity index (χ4v) is 2.99. The quantitative estimate of drug-likeness (QED) is 0.671. The second-order valence-electron chi connectivity index (χ2n) is 5.15. The summed E-state index contributed by atoms with van der Waals surface area (Å²) in [6, 6.07) is 10.6. The number of para-hydroxylation sites is 2. The molecule has 0 aliphatic carbocycles. The van der Waals surface area contributed by atoms with Crippen LogP contribution < -0.4 is 10.6 Å². The number of halogens is 1. The Kier molecular flexibility index (Phi) is 5.71. The zero-order valence-corrected chi connectivity index (χ0v) is 13.7. The number of phenolic OH excluding ortho intramolecular Hbond substituents is 1. The predicted octanol–water partition coefficient (Wildman–Crippen LogP) is 1.52. The van der Waals surface area contributed by atoms with Crippen LogP contribution >= 0.6 is 0 Å². The van der Waals surface area contributed by atoms with E-state index in [1.54, 1.807) is 12.1 Å². The van der Waals surface area contributed by atoms with Crippen LogP contribution in [0.2, 0.25) is 0 Å². The van der Waals surface area contributed by atoms with Gasteiger partial charge in [0, 0.05) is 5.69 Å². The summed E-state index contributed by atoms with van der Waals surface area (Å²) in [5.74, 6) is -4.25. The van der Waals surface area contributed by atoms with E-state index in [1.807, 2.05) is 0 Å². The van der Waals surface area contributed by atoms with Gasteiger partial charge in [0.05, 0.1) is 5.69 Å². The molecule has 2 amide bonds. The van der Waals surface area contributed by atoms with Crippen LogP contribution in [0.3, 0.4) is 0 Å². The van der Waals surface area contributed by atoms with Crippen LogP contribution in [0, 0.1) is 5.82 Å². The molecule has 0 aliphatic rings. The first-order chi connectivity index (χ1) is 11.7. The Morgan fingerprint density at radius 1 is 0.920 bits per heavy atom. The fraction of sp³-hybridized carbons (Fsp3) is 0.125. The van der Waals surface area contributed by atoms with Crippen molar-refractivity contribution in [2.24, 2.45) is 0 Å². The number of anilines is 2. The smallest absolute Gasteiger partial charge is 0.239 e. The van der Waals surface area contributed by atoms with Crippen LogP contribution in [-0.4, -0.2) is 36.8 Å². The third-order valence-corrected chi connectivity index (χ3v) is 4.41. The number of benzene rings is 2. The molecule has 0 radical (unpaired) electrons. The molecule has 0 fully saturated rings. The molecule has 0 aromatic heterocycles. The van der Waals surface area contributed by atoms with Crippen LogP contribution in [0.25, 0.3) is 0 Å². The first kappa shape index (κ1) is 18.4. The summed E-state index contributed by atoms with van der Waals surface area (Å²) < 4.78 is 36.6. The third kappa shape index (κ3) is 5.88. The van der Waals surface area contributed by atoms with Gasteiger partial charge in [-0.3, -0.25) is 9.59 Å². The molecule has 2 aromatic carbocycles. The second-order valence-corrected chi connectivity index (χ2v) is 7.22. The van der Waals surface area contributed by atoms with E-state index in [1.165, 1.54) is 24.3 Å². The first-order valence-electron chi connectivity index (χ1n) is 7.09. The van der Waals surface area contributed by atoms with Gasteiger partial charge in [-0.1, -0.05) is 12.1 Å². The molecule has 132 valence electrons. The standard InChI is InChI=1S/C16H15FN2O5S/c17-11-5-7-12(8-6-11)18-15(21)9-25(23,24)10-16(22)19-13-3-1-2-4-14(13)20/h1-8,20H,9-10H2,(H,18,21)(H,19,22). The maximum atomic E-state index is 12.8. The Hall–Kier alpha value is -2.94. The molecule has 0 bridgehead atoms. The number of rotatable bonds is 6. The van der Waals surface area contributed by atoms with E-state index in [9.17, 15) is 27.5 Å². The molecule has 0 unspecified atom stereocenters. The van der Waals surface area contributed by atoms with Gasteiger partial charge in [-0.25, -0.2) is 12.8 Å². The third-order valence-electron chi connectivity index (χ3n) is 3.01. The molecule has 7 nitrogen and oxygen atoms in total. The number of carbonyl (C=O) groups excluding carboxylic acids is 2. The van der Waals surface area contributed by atoms with Crippen LogP contribution in [-0.2, 0) is 19.4 Å². The van der Waals surface area contributed by atoms with Gasteiger partial charge in [-0.05, 0) is 36.4 Å². The maximum Gasteiger partial charge on any atom is 0.239 e. The highest BCUT2D eigenvalue weighted by Crippen LogP contribution is 2.21. The van der Waals surface area contributed by atoms with Crippen molar-refractivity contribution in [2.75, 3.05) is 22.1 Å². The molecule has 0 heterocycles. The lowest BCUT2D eigenvalue weighted by molar-refractivity contribution is -0.114. The van der Waals surface area contributed by atoms with Gasteiger partial charge >= 0.3 is 0 Å². The number of nitrogens with one attached hydrogen (secondary N) is 2. The summed E-state index contributed by atoms with van der Waals surface area (Å²) in [7, 11) is -4.02. The van der Waals surface area contributed by atoms with Crippen molar-refractivity contribution in [3.8, 4) is 5.75 Å². The topological polar surface area (TPSA) is 113 Å². The Balaban J connectivity index is 1.92. The highest BCUT2D eigenvalue weighted by molar-refractivity contribution is 7.92. The highest BCUT2D eigenvalue weighted by atomic mass is 32.2. The molecule has 3 N–H and O–H groups in total. The number of phenols is 1. The molecular weight excluding hydrogens is 351 g/mol. The van der Waals surface area contributed by atoms with E-state index in [0.717, 1.165) is 12.1 Å². The largest absolute Gasteiger partial charge is 0.506 e. The van der Waals surface area contributed by atoms with Gasteiger partial charge < -0.3 is 15.7 Å². The number of hydrogen-bond donors (Lipinski definition) is 3. The van der Waals surface area contributed by atoms with Crippen molar-refractivity contribution in [2.45, 2.75) is 0 Å². The van der Waals surface area contributed by atoms with Gasteiger partial charge in [0.1, 0.15) is 23.1 Å². The Bertz CT molecular complexity index is 882. The minimum Gasteiger partial charge on any atom is -0.506 e. The number of sulfone groups is 1. The van der Waals surface area contributed by atoms with Crippen LogP contribution in [0.5, 0.6) is 5.75 Å². The first-order valence-corrected chi connectivity index (χ1v) is 8.91. The number of carbonyl (C=O) groups is 2. The van der Waals surface area contributed by atoms with Gasteiger partial charge in [0.25, 0.3) is 0 Å². The lowest BCUT2D eigenvalue weighted by Gasteiger charge is -2.08. The van der Waals surface area contributed by atoms with Gasteiger partial charge in [0.2, 0.25) is 11.8 Å². The van der Waals surface area contributed by atoms with Gasteiger partial charge in [-0.2, -0.15) is 0 Å². The zero-order chi connectivity index (χ0) is 18.4. The monoisotopic (exact) mass is 366 g/mol. The summed E-state index contributed by atoms with van der Waals surface area (Å²) in [5.41, 5.74) is 0.304. The molecule has 0 saturated heterocycles. The maximum absolute atomic E-state index is 12.8. The van der Waals surface area contributed by atoms with E-state index >= 15 is 0 Å². The van der Waals surface area contributed by atoms with Crippen molar-refractivity contribution in [3.05, 3.63) is 54.3 Å². The van der Waals surface area contributed by atoms with E-state index in [4.69, 9.17) is 0 Å². The Morgan fingerprint density at radius 3 is 2.08 bits per heavy atom. The van der Waals surface area contributed by atoms with Crippen LogP contribution in [0.1, 0.15) is 0 Å². The average molecular weight is 366 g/mol. The summed E-state index contributed by atoms with van der Waals surface area (Å²) in [5, 5.41) is 14.1. The van der Waals surface area contributed by atoms with Gasteiger partial charge in [0.15, 0.2) is 9.84 Å². The summed E-state index contributed by atoms with van der Waals surface area (Å²) in [4.78, 5) is 23.5. The minimum atomic E-state index is -4.02. The number of hydrogen-bond acceptors (Lipinski definition) is 5. The minimum absolute atomic E-state index is 0.0680. The number of amides is 2. The molecule has 9 heteroatoms. The average Bonchev–Trinajstić information content (AvgIpc) is 2.50. The van der Waals surface area contributed by atoms with E-state index in [2.05, 4.69) is 10.6 Å². The molecule has 2 aromatic rings. The molecule has 2 rings (SSSR count). The molecular formula is C16H15FN2O5S. The van der Waals surface area contributed by atoms with Crippen molar-refractivity contribution in [1.82, 2.24) is 0 Å². The lowest BCUT2D eigenvalue weighted by atomic mass is 10.3. The highest BCUT2D eigenvalue weighted by Gasteiger charge is 2.21. The van der Waals surface area contributed by atoms with Crippen molar-refractivity contribution >= 4 is 33.0 Å². The molecule has 25 heavy (non-hydrogen) atoms. The predicted molar refractivity (Wildman–Crippen MR) is 90.4 cm³/mol. The lowest BCUT2D eigenvalue weighted by Crippen LogP contribution is -2.30. The van der Waals surface area contributed by atoms with Crippen LogP contribution in [0.4, 0.5) is 15.8 Å². The fourth-order valence-electron chi connectivity index (χ4n) is 1.95. The van der Waals surface area contributed by atoms with E-state index in [-0.39, 0.29) is 17.1 Å².